The number of nitrogen functional groups attached to an aromatic ring is 1. The van der Waals surface area contributed by atoms with Crippen LogP contribution in [0, 0.1) is 13.8 Å². The van der Waals surface area contributed by atoms with Crippen LogP contribution in [0.3, 0.4) is 0 Å². The zero-order valence-electron chi connectivity index (χ0n) is 13.2. The average Bonchev–Trinajstić information content (AvgIpc) is 3.28. The number of pyridine rings is 1. The molecule has 0 unspecified atom stereocenters. The van der Waals surface area contributed by atoms with E-state index in [1.165, 1.54) is 0 Å². The molecule has 0 atom stereocenters. The Kier molecular flexibility index (Phi) is 3.60. The summed E-state index contributed by atoms with van der Waals surface area (Å²) in [5.41, 5.74) is 9.29. The molecule has 0 aromatic carbocycles. The highest BCUT2D eigenvalue weighted by atomic mass is 16.2. The second-order valence-electron chi connectivity index (χ2n) is 5.88. The van der Waals surface area contributed by atoms with Crippen LogP contribution in [0.2, 0.25) is 0 Å². The van der Waals surface area contributed by atoms with E-state index in [9.17, 15) is 4.79 Å². The molecule has 6 heteroatoms. The molecule has 0 saturated heterocycles. The van der Waals surface area contributed by atoms with E-state index in [-0.39, 0.29) is 5.91 Å². The monoisotopic (exact) mass is 299 g/mol. The molecule has 0 spiro atoms. The van der Waals surface area contributed by atoms with E-state index in [1.54, 1.807) is 18.2 Å². The molecular weight excluding hydrogens is 278 g/mol. The van der Waals surface area contributed by atoms with Crippen LogP contribution in [0.15, 0.2) is 18.2 Å². The molecule has 6 nitrogen and oxygen atoms in total. The predicted octanol–water partition coefficient (Wildman–Crippen LogP) is 1.82. The van der Waals surface area contributed by atoms with Gasteiger partial charge >= 0.3 is 0 Å². The molecule has 0 aliphatic heterocycles. The average molecular weight is 299 g/mol. The first-order valence-corrected chi connectivity index (χ1v) is 7.50. The molecule has 1 saturated carbocycles. The minimum atomic E-state index is -0.0579. The second kappa shape index (κ2) is 5.44. The molecule has 0 bridgehead atoms. The Balaban J connectivity index is 1.89. The van der Waals surface area contributed by atoms with Gasteiger partial charge in [-0.2, -0.15) is 5.10 Å². The number of carbonyl (C=O) groups excluding carboxylic acids is 1. The fourth-order valence-corrected chi connectivity index (χ4v) is 2.69. The van der Waals surface area contributed by atoms with Crippen molar-refractivity contribution in [1.29, 1.82) is 0 Å². The van der Waals surface area contributed by atoms with Crippen molar-refractivity contribution in [3.05, 3.63) is 40.8 Å². The zero-order chi connectivity index (χ0) is 15.9. The van der Waals surface area contributed by atoms with Gasteiger partial charge in [-0.15, -0.1) is 0 Å². The number of hydrogen-bond donors (Lipinski definition) is 1. The largest absolute Gasteiger partial charge is 0.384 e. The molecule has 2 N–H and O–H groups in total. The van der Waals surface area contributed by atoms with Gasteiger partial charge in [0.2, 0.25) is 0 Å². The molecule has 2 heterocycles. The summed E-state index contributed by atoms with van der Waals surface area (Å²) in [6.07, 6.45) is 2.10. The minimum absolute atomic E-state index is 0.0579. The van der Waals surface area contributed by atoms with Crippen molar-refractivity contribution < 1.29 is 4.79 Å². The Morgan fingerprint density at radius 2 is 2.14 bits per heavy atom. The third-order valence-corrected chi connectivity index (χ3v) is 4.23. The number of aryl methyl sites for hydroxylation is 2. The minimum Gasteiger partial charge on any atom is -0.384 e. The van der Waals surface area contributed by atoms with Gasteiger partial charge in [-0.1, -0.05) is 6.07 Å². The molecular formula is C16H21N5O. The number of nitrogens with zero attached hydrogens (tertiary/aromatic N) is 4. The van der Waals surface area contributed by atoms with E-state index >= 15 is 0 Å². The maximum atomic E-state index is 12.8. The molecule has 1 amide bonds. The molecule has 2 aromatic heterocycles. The third-order valence-electron chi connectivity index (χ3n) is 4.23. The van der Waals surface area contributed by atoms with E-state index in [2.05, 4.69) is 10.1 Å². The van der Waals surface area contributed by atoms with Crippen LogP contribution in [-0.2, 0) is 13.6 Å². The lowest BCUT2D eigenvalue weighted by Crippen LogP contribution is -2.33. The van der Waals surface area contributed by atoms with Crippen molar-refractivity contribution in [2.24, 2.45) is 7.05 Å². The van der Waals surface area contributed by atoms with Crippen LogP contribution in [0.5, 0.6) is 0 Å². The van der Waals surface area contributed by atoms with E-state index in [0.29, 0.717) is 24.1 Å². The fraction of sp³-hybridized carbons (Fsp3) is 0.438. The Hall–Kier alpha value is -2.37. The van der Waals surface area contributed by atoms with Crippen LogP contribution in [0.4, 0.5) is 5.82 Å². The van der Waals surface area contributed by atoms with Gasteiger partial charge in [0.05, 0.1) is 5.69 Å². The molecule has 3 rings (SSSR count). The normalized spacial score (nSPS) is 14.1. The van der Waals surface area contributed by atoms with Gasteiger partial charge in [-0.25, -0.2) is 4.98 Å². The summed E-state index contributed by atoms with van der Waals surface area (Å²) in [4.78, 5) is 18.9. The second-order valence-corrected chi connectivity index (χ2v) is 5.88. The fourth-order valence-electron chi connectivity index (χ4n) is 2.69. The summed E-state index contributed by atoms with van der Waals surface area (Å²) in [5.74, 6) is 0.313. The summed E-state index contributed by atoms with van der Waals surface area (Å²) in [6, 6.07) is 5.47. The first-order chi connectivity index (χ1) is 10.5. The smallest absolute Gasteiger partial charge is 0.273 e. The lowest BCUT2D eigenvalue weighted by molar-refractivity contribution is 0.0723. The summed E-state index contributed by atoms with van der Waals surface area (Å²) in [5, 5.41) is 4.43. The lowest BCUT2D eigenvalue weighted by Gasteiger charge is -2.22. The Labute approximate surface area is 129 Å². The number of amides is 1. The maximum absolute atomic E-state index is 12.8. The summed E-state index contributed by atoms with van der Waals surface area (Å²) >= 11 is 0. The predicted molar refractivity (Wildman–Crippen MR) is 84.2 cm³/mol. The highest BCUT2D eigenvalue weighted by Crippen LogP contribution is 2.30. The molecule has 2 aromatic rings. The third kappa shape index (κ3) is 2.68. The van der Waals surface area contributed by atoms with E-state index < -0.39 is 0 Å². The number of anilines is 1. The number of carbonyl (C=O) groups is 1. The Morgan fingerprint density at radius 3 is 2.68 bits per heavy atom. The molecule has 0 radical (unpaired) electrons. The van der Waals surface area contributed by atoms with Crippen molar-refractivity contribution in [1.82, 2.24) is 19.7 Å². The van der Waals surface area contributed by atoms with Gasteiger partial charge in [0.15, 0.2) is 0 Å². The molecule has 1 fully saturated rings. The topological polar surface area (TPSA) is 77.0 Å². The SMILES string of the molecule is Cc1nn(C)c(C)c1CN(C(=O)c1cccc(N)n1)C1CC1. The van der Waals surface area contributed by atoms with Crippen molar-refractivity contribution in [2.75, 3.05) is 5.73 Å². The Morgan fingerprint density at radius 1 is 1.41 bits per heavy atom. The van der Waals surface area contributed by atoms with Crippen molar-refractivity contribution >= 4 is 11.7 Å². The van der Waals surface area contributed by atoms with Crippen LogP contribution in [-0.4, -0.2) is 31.6 Å². The molecule has 1 aliphatic carbocycles. The summed E-state index contributed by atoms with van der Waals surface area (Å²) in [7, 11) is 1.93. The van der Waals surface area contributed by atoms with Crippen molar-refractivity contribution in [2.45, 2.75) is 39.3 Å². The standard InChI is InChI=1S/C16H21N5O/c1-10-13(11(2)20(3)19-10)9-21(12-7-8-12)16(22)14-5-4-6-15(17)18-14/h4-6,12H,7-9H2,1-3H3,(H2,17,18). The summed E-state index contributed by atoms with van der Waals surface area (Å²) < 4.78 is 1.86. The maximum Gasteiger partial charge on any atom is 0.273 e. The lowest BCUT2D eigenvalue weighted by atomic mass is 10.1. The number of aromatic nitrogens is 3. The van der Waals surface area contributed by atoms with E-state index in [1.807, 2.05) is 30.5 Å². The van der Waals surface area contributed by atoms with Gasteiger partial charge in [0, 0.05) is 30.9 Å². The van der Waals surface area contributed by atoms with Crippen molar-refractivity contribution in [3.8, 4) is 0 Å². The van der Waals surface area contributed by atoms with Gasteiger partial charge in [-0.05, 0) is 38.8 Å². The number of nitrogens with two attached hydrogens (primary N) is 1. The van der Waals surface area contributed by atoms with Gasteiger partial charge in [0.25, 0.3) is 5.91 Å². The quantitative estimate of drug-likeness (QED) is 0.934. The van der Waals surface area contributed by atoms with Crippen molar-refractivity contribution in [3.63, 3.8) is 0 Å². The van der Waals surface area contributed by atoms with Gasteiger partial charge in [0.1, 0.15) is 11.5 Å². The van der Waals surface area contributed by atoms with Crippen LogP contribution < -0.4 is 5.73 Å². The van der Waals surface area contributed by atoms with Gasteiger partial charge in [-0.3, -0.25) is 9.48 Å². The first-order valence-electron chi connectivity index (χ1n) is 7.50. The van der Waals surface area contributed by atoms with Crippen LogP contribution in [0.1, 0.15) is 40.3 Å². The van der Waals surface area contributed by atoms with Crippen LogP contribution in [0.25, 0.3) is 0 Å². The molecule has 22 heavy (non-hydrogen) atoms. The number of hydrogen-bond acceptors (Lipinski definition) is 4. The van der Waals surface area contributed by atoms with Crippen LogP contribution >= 0.6 is 0 Å². The van der Waals surface area contributed by atoms with E-state index in [4.69, 9.17) is 5.73 Å². The number of rotatable bonds is 4. The first kappa shape index (κ1) is 14.6. The molecule has 116 valence electrons. The molecule has 1 aliphatic rings. The zero-order valence-corrected chi connectivity index (χ0v) is 13.2. The highest BCUT2D eigenvalue weighted by molar-refractivity contribution is 5.93. The van der Waals surface area contributed by atoms with E-state index in [0.717, 1.165) is 29.8 Å². The highest BCUT2D eigenvalue weighted by Gasteiger charge is 2.34. The summed E-state index contributed by atoms with van der Waals surface area (Å²) in [6.45, 7) is 4.59. The van der Waals surface area contributed by atoms with Gasteiger partial charge < -0.3 is 10.6 Å². The Bertz CT molecular complexity index is 717.